The van der Waals surface area contributed by atoms with Gasteiger partial charge >= 0.3 is 0 Å². The Morgan fingerprint density at radius 1 is 1.21 bits per heavy atom. The average Bonchev–Trinajstić information content (AvgIpc) is 2.85. The SMILES string of the molecule is Cc1nc2c(c(CO)nn2Cc2ccc(C(C)(C)C)cc2)c(=O)[nH]1. The van der Waals surface area contributed by atoms with Crippen molar-refractivity contribution < 1.29 is 5.11 Å². The lowest BCUT2D eigenvalue weighted by Crippen LogP contribution is -2.12. The summed E-state index contributed by atoms with van der Waals surface area (Å²) in [6.07, 6.45) is 0. The molecule has 0 spiro atoms. The molecule has 0 fully saturated rings. The van der Waals surface area contributed by atoms with Crippen LogP contribution in [0.5, 0.6) is 0 Å². The molecule has 2 N–H and O–H groups in total. The molecule has 0 aliphatic heterocycles. The first-order valence-electron chi connectivity index (χ1n) is 7.96. The van der Waals surface area contributed by atoms with Crippen molar-refractivity contribution in [2.45, 2.75) is 46.3 Å². The number of aliphatic hydroxyl groups excluding tert-OH is 1. The highest BCUT2D eigenvalue weighted by molar-refractivity contribution is 5.77. The number of aromatic amines is 1. The van der Waals surface area contributed by atoms with Gasteiger partial charge in [0.2, 0.25) is 0 Å². The van der Waals surface area contributed by atoms with Gasteiger partial charge in [0.05, 0.1) is 13.2 Å². The number of hydrogen-bond acceptors (Lipinski definition) is 4. The zero-order chi connectivity index (χ0) is 17.5. The minimum atomic E-state index is -0.291. The summed E-state index contributed by atoms with van der Waals surface area (Å²) in [6.45, 7) is 8.46. The first kappa shape index (κ1) is 16.4. The van der Waals surface area contributed by atoms with E-state index in [2.05, 4.69) is 60.1 Å². The molecule has 0 amide bonds. The summed E-state index contributed by atoms with van der Waals surface area (Å²) in [4.78, 5) is 19.2. The Kier molecular flexibility index (Phi) is 4.01. The number of H-pyrrole nitrogens is 1. The molecule has 0 bridgehead atoms. The molecule has 1 aromatic carbocycles. The minimum absolute atomic E-state index is 0.104. The van der Waals surface area contributed by atoms with E-state index in [1.54, 1.807) is 11.6 Å². The van der Waals surface area contributed by atoms with Crippen LogP contribution in [-0.2, 0) is 18.6 Å². The molecule has 24 heavy (non-hydrogen) atoms. The Hall–Kier alpha value is -2.47. The maximum atomic E-state index is 12.1. The van der Waals surface area contributed by atoms with Crippen molar-refractivity contribution in [3.05, 3.63) is 57.3 Å². The number of nitrogens with zero attached hydrogens (tertiary/aromatic N) is 3. The lowest BCUT2D eigenvalue weighted by Gasteiger charge is -2.19. The summed E-state index contributed by atoms with van der Waals surface area (Å²) in [5.41, 5.74) is 3.02. The van der Waals surface area contributed by atoms with Crippen LogP contribution >= 0.6 is 0 Å². The van der Waals surface area contributed by atoms with Gasteiger partial charge < -0.3 is 10.1 Å². The van der Waals surface area contributed by atoms with Gasteiger partial charge in [-0.3, -0.25) is 4.79 Å². The van der Waals surface area contributed by atoms with Gasteiger partial charge in [-0.15, -0.1) is 0 Å². The number of benzene rings is 1. The molecule has 0 saturated heterocycles. The Morgan fingerprint density at radius 3 is 2.46 bits per heavy atom. The summed E-state index contributed by atoms with van der Waals surface area (Å²) >= 11 is 0. The number of aliphatic hydroxyl groups is 1. The van der Waals surface area contributed by atoms with Gasteiger partial charge in [0.15, 0.2) is 5.65 Å². The second-order valence-corrected chi connectivity index (χ2v) is 7.06. The first-order valence-corrected chi connectivity index (χ1v) is 7.96. The van der Waals surface area contributed by atoms with Crippen LogP contribution in [0.2, 0.25) is 0 Å². The summed E-state index contributed by atoms with van der Waals surface area (Å²) in [7, 11) is 0. The lowest BCUT2D eigenvalue weighted by atomic mass is 9.87. The number of fused-ring (bicyclic) bond motifs is 1. The van der Waals surface area contributed by atoms with E-state index in [1.807, 2.05) is 0 Å². The van der Waals surface area contributed by atoms with E-state index >= 15 is 0 Å². The van der Waals surface area contributed by atoms with Gasteiger partial charge in [-0.25, -0.2) is 9.67 Å². The van der Waals surface area contributed by atoms with E-state index in [4.69, 9.17) is 0 Å². The predicted octanol–water partition coefficient (Wildman–Crippen LogP) is 2.27. The smallest absolute Gasteiger partial charge is 0.262 e. The fraction of sp³-hybridized carbons (Fsp3) is 0.389. The van der Waals surface area contributed by atoms with Crippen LogP contribution in [0.15, 0.2) is 29.1 Å². The largest absolute Gasteiger partial charge is 0.390 e. The number of rotatable bonds is 3. The van der Waals surface area contributed by atoms with Gasteiger partial charge in [0.1, 0.15) is 16.9 Å². The van der Waals surface area contributed by atoms with Crippen LogP contribution < -0.4 is 5.56 Å². The molecule has 6 nitrogen and oxygen atoms in total. The zero-order valence-corrected chi connectivity index (χ0v) is 14.4. The van der Waals surface area contributed by atoms with Crippen LogP contribution in [0.1, 0.15) is 43.4 Å². The van der Waals surface area contributed by atoms with Gasteiger partial charge in [-0.2, -0.15) is 5.10 Å². The third-order valence-corrected chi connectivity index (χ3v) is 4.10. The number of aryl methyl sites for hydroxylation is 1. The monoisotopic (exact) mass is 326 g/mol. The lowest BCUT2D eigenvalue weighted by molar-refractivity contribution is 0.276. The van der Waals surface area contributed by atoms with Crippen molar-refractivity contribution in [1.82, 2.24) is 19.7 Å². The van der Waals surface area contributed by atoms with Crippen LogP contribution in [0.25, 0.3) is 11.0 Å². The highest BCUT2D eigenvalue weighted by Crippen LogP contribution is 2.23. The molecule has 2 heterocycles. The van der Waals surface area contributed by atoms with Crippen LogP contribution in [0.4, 0.5) is 0 Å². The normalized spacial score (nSPS) is 12.0. The van der Waals surface area contributed by atoms with Crippen LogP contribution in [0, 0.1) is 6.92 Å². The van der Waals surface area contributed by atoms with Crippen LogP contribution in [-0.4, -0.2) is 24.9 Å². The van der Waals surface area contributed by atoms with Crippen molar-refractivity contribution in [3.8, 4) is 0 Å². The Bertz CT molecular complexity index is 931. The molecule has 126 valence electrons. The van der Waals surface area contributed by atoms with E-state index in [0.29, 0.717) is 29.1 Å². The second-order valence-electron chi connectivity index (χ2n) is 7.06. The Labute approximate surface area is 140 Å². The predicted molar refractivity (Wildman–Crippen MR) is 93.1 cm³/mol. The summed E-state index contributed by atoms with van der Waals surface area (Å²) in [6, 6.07) is 8.35. The van der Waals surface area contributed by atoms with Gasteiger partial charge in [-0.1, -0.05) is 45.0 Å². The molecule has 6 heteroatoms. The molecular weight excluding hydrogens is 304 g/mol. The molecule has 0 atom stereocenters. The van der Waals surface area contributed by atoms with Crippen molar-refractivity contribution in [3.63, 3.8) is 0 Å². The van der Waals surface area contributed by atoms with E-state index in [0.717, 1.165) is 5.56 Å². The molecule has 3 rings (SSSR count). The van der Waals surface area contributed by atoms with Crippen molar-refractivity contribution in [1.29, 1.82) is 0 Å². The van der Waals surface area contributed by atoms with Crippen molar-refractivity contribution in [2.75, 3.05) is 0 Å². The third kappa shape index (κ3) is 2.97. The molecule has 0 aliphatic rings. The fourth-order valence-corrected chi connectivity index (χ4v) is 2.77. The number of hydrogen-bond donors (Lipinski definition) is 2. The molecule has 0 saturated carbocycles. The quantitative estimate of drug-likeness (QED) is 0.773. The minimum Gasteiger partial charge on any atom is -0.390 e. The molecule has 3 aromatic rings. The number of aromatic nitrogens is 4. The highest BCUT2D eigenvalue weighted by atomic mass is 16.3. The standard InChI is InChI=1S/C18H22N4O2/c1-11-19-16-15(17(24)20-11)14(10-23)21-22(16)9-12-5-7-13(8-6-12)18(2,3)4/h5-8,23H,9-10H2,1-4H3,(H,19,20,24). The maximum absolute atomic E-state index is 12.1. The summed E-state index contributed by atoms with van der Waals surface area (Å²) in [5, 5.41) is 14.2. The third-order valence-electron chi connectivity index (χ3n) is 4.10. The molecule has 0 aliphatic carbocycles. The summed E-state index contributed by atoms with van der Waals surface area (Å²) in [5.74, 6) is 0.529. The second kappa shape index (κ2) is 5.87. The Morgan fingerprint density at radius 2 is 1.88 bits per heavy atom. The van der Waals surface area contributed by atoms with Crippen molar-refractivity contribution in [2.24, 2.45) is 0 Å². The topological polar surface area (TPSA) is 83.8 Å². The molecule has 2 aromatic heterocycles. The molecule has 0 unspecified atom stereocenters. The fourth-order valence-electron chi connectivity index (χ4n) is 2.77. The van der Waals surface area contributed by atoms with Gasteiger partial charge in [-0.05, 0) is 23.5 Å². The van der Waals surface area contributed by atoms with E-state index in [1.165, 1.54) is 5.56 Å². The van der Waals surface area contributed by atoms with Crippen molar-refractivity contribution >= 4 is 11.0 Å². The van der Waals surface area contributed by atoms with Crippen LogP contribution in [0.3, 0.4) is 0 Å². The van der Waals surface area contributed by atoms with Gasteiger partial charge in [0.25, 0.3) is 5.56 Å². The highest BCUT2D eigenvalue weighted by Gasteiger charge is 2.16. The molecule has 0 radical (unpaired) electrons. The molecular formula is C18H22N4O2. The average molecular weight is 326 g/mol. The summed E-state index contributed by atoms with van der Waals surface area (Å²) < 4.78 is 1.68. The first-order chi connectivity index (χ1) is 11.3. The Balaban J connectivity index is 2.03. The van der Waals surface area contributed by atoms with E-state index in [-0.39, 0.29) is 17.6 Å². The number of nitrogens with one attached hydrogen (secondary N) is 1. The zero-order valence-electron chi connectivity index (χ0n) is 14.4. The van der Waals surface area contributed by atoms with Gasteiger partial charge in [0, 0.05) is 0 Å². The van der Waals surface area contributed by atoms with E-state index < -0.39 is 0 Å². The van der Waals surface area contributed by atoms with E-state index in [9.17, 15) is 9.90 Å². The maximum Gasteiger partial charge on any atom is 0.262 e.